The van der Waals surface area contributed by atoms with Crippen molar-refractivity contribution in [1.29, 1.82) is 0 Å². The first-order valence-electron chi connectivity index (χ1n) is 14.3. The van der Waals surface area contributed by atoms with Gasteiger partial charge >= 0.3 is 0 Å². The van der Waals surface area contributed by atoms with E-state index < -0.39 is 5.25 Å². The Morgan fingerprint density at radius 1 is 1.00 bits per heavy atom. The molecule has 1 saturated carbocycles. The Hall–Kier alpha value is -4.11. The molecular weight excluding hydrogens is 551 g/mol. The highest BCUT2D eigenvalue weighted by Crippen LogP contribution is 2.49. The average Bonchev–Trinajstić information content (AvgIpc) is 3.35. The minimum absolute atomic E-state index is 0.0846. The second kappa shape index (κ2) is 12.4. The van der Waals surface area contributed by atoms with Gasteiger partial charge in [-0.05, 0) is 43.2 Å². The van der Waals surface area contributed by atoms with E-state index in [0.29, 0.717) is 34.1 Å². The Morgan fingerprint density at radius 2 is 1.71 bits per heavy atom. The highest BCUT2D eigenvalue weighted by Gasteiger charge is 2.38. The van der Waals surface area contributed by atoms with E-state index in [1.807, 2.05) is 54.6 Å². The van der Waals surface area contributed by atoms with E-state index in [9.17, 15) is 9.59 Å². The zero-order chi connectivity index (χ0) is 29.1. The molecule has 216 valence electrons. The number of ether oxygens (including phenoxy) is 1. The second-order valence-corrected chi connectivity index (χ2v) is 11.8. The Kier molecular flexibility index (Phi) is 8.28. The summed E-state index contributed by atoms with van der Waals surface area (Å²) in [4.78, 5) is 28.8. The first kappa shape index (κ1) is 28.0. The summed E-state index contributed by atoms with van der Waals surface area (Å²) in [5.41, 5.74) is 3.33. The molecule has 1 aromatic heterocycles. The fraction of sp³-hybridized carbons (Fsp3) is 0.303. The normalized spacial score (nSPS) is 17.4. The van der Waals surface area contributed by atoms with Gasteiger partial charge < -0.3 is 10.1 Å². The molecule has 2 heterocycles. The van der Waals surface area contributed by atoms with E-state index in [0.717, 1.165) is 31.2 Å². The summed E-state index contributed by atoms with van der Waals surface area (Å²) in [5, 5.41) is 7.69. The lowest BCUT2D eigenvalue weighted by Crippen LogP contribution is -2.46. The average molecular weight is 585 g/mol. The lowest BCUT2D eigenvalue weighted by molar-refractivity contribution is -0.123. The monoisotopic (exact) mass is 584 g/mol. The summed E-state index contributed by atoms with van der Waals surface area (Å²) < 4.78 is 22.5. The maximum Gasteiger partial charge on any atom is 0.240 e. The summed E-state index contributed by atoms with van der Waals surface area (Å²) >= 11 is 1.36. The SMILES string of the molecule is COc1ccc(-n2nc(-c3ccccc3)c3c2N(CC(=O)NC2CCCCC2)C(=O)CSC3c2ccccc2F)cc1. The van der Waals surface area contributed by atoms with Crippen LogP contribution < -0.4 is 15.0 Å². The van der Waals surface area contributed by atoms with Crippen LogP contribution in [0.5, 0.6) is 5.75 Å². The molecular formula is C33H33FN4O3S. The highest BCUT2D eigenvalue weighted by molar-refractivity contribution is 8.00. The molecule has 2 amide bonds. The molecule has 2 aliphatic rings. The number of fused-ring (bicyclic) bond motifs is 1. The maximum atomic E-state index is 15.4. The van der Waals surface area contributed by atoms with Crippen molar-refractivity contribution in [3.8, 4) is 22.7 Å². The van der Waals surface area contributed by atoms with Crippen molar-refractivity contribution in [1.82, 2.24) is 15.1 Å². The van der Waals surface area contributed by atoms with Gasteiger partial charge in [0.2, 0.25) is 11.8 Å². The predicted molar refractivity (Wildman–Crippen MR) is 164 cm³/mol. The third-order valence-corrected chi connectivity index (χ3v) is 9.15. The molecule has 42 heavy (non-hydrogen) atoms. The van der Waals surface area contributed by atoms with Gasteiger partial charge in [-0.15, -0.1) is 11.8 Å². The summed E-state index contributed by atoms with van der Waals surface area (Å²) in [6.45, 7) is -0.150. The van der Waals surface area contributed by atoms with Crippen LogP contribution in [0.3, 0.4) is 0 Å². The molecule has 6 rings (SSSR count). The van der Waals surface area contributed by atoms with Gasteiger partial charge in [-0.25, -0.2) is 9.07 Å². The number of thioether (sulfide) groups is 1. The van der Waals surface area contributed by atoms with Crippen LogP contribution in [-0.2, 0) is 9.59 Å². The highest BCUT2D eigenvalue weighted by atomic mass is 32.2. The van der Waals surface area contributed by atoms with E-state index in [1.165, 1.54) is 29.1 Å². The van der Waals surface area contributed by atoms with Crippen LogP contribution in [0, 0.1) is 5.82 Å². The lowest BCUT2D eigenvalue weighted by Gasteiger charge is -2.26. The Labute approximate surface area is 249 Å². The van der Waals surface area contributed by atoms with Gasteiger partial charge in [0.05, 0.1) is 29.5 Å². The largest absolute Gasteiger partial charge is 0.497 e. The van der Waals surface area contributed by atoms with Gasteiger partial charge in [0.15, 0.2) is 0 Å². The molecule has 0 spiro atoms. The van der Waals surface area contributed by atoms with Crippen molar-refractivity contribution < 1.29 is 18.7 Å². The summed E-state index contributed by atoms with van der Waals surface area (Å²) in [5.74, 6) is 0.447. The topological polar surface area (TPSA) is 76.5 Å². The predicted octanol–water partition coefficient (Wildman–Crippen LogP) is 6.31. The Bertz CT molecular complexity index is 1570. The van der Waals surface area contributed by atoms with Gasteiger partial charge in [-0.1, -0.05) is 67.8 Å². The Balaban J connectivity index is 1.54. The third-order valence-electron chi connectivity index (χ3n) is 7.91. The molecule has 1 aliphatic carbocycles. The second-order valence-electron chi connectivity index (χ2n) is 10.7. The maximum absolute atomic E-state index is 15.4. The molecule has 3 aromatic carbocycles. The number of hydrogen-bond donors (Lipinski definition) is 1. The zero-order valence-electron chi connectivity index (χ0n) is 23.5. The number of aromatic nitrogens is 2. The number of carbonyl (C=O) groups is 2. The van der Waals surface area contributed by atoms with Gasteiger partial charge in [-0.3, -0.25) is 14.5 Å². The number of nitrogens with one attached hydrogen (secondary N) is 1. The molecule has 1 unspecified atom stereocenters. The molecule has 0 bridgehead atoms. The number of halogens is 1. The zero-order valence-corrected chi connectivity index (χ0v) is 24.3. The molecule has 0 saturated heterocycles. The number of nitrogens with zero attached hydrogens (tertiary/aromatic N) is 3. The molecule has 1 aliphatic heterocycles. The van der Waals surface area contributed by atoms with Gasteiger partial charge in [-0.2, -0.15) is 5.10 Å². The van der Waals surface area contributed by atoms with Crippen LogP contribution in [0.1, 0.15) is 48.5 Å². The van der Waals surface area contributed by atoms with Crippen LogP contribution in [0.4, 0.5) is 10.2 Å². The summed E-state index contributed by atoms with van der Waals surface area (Å²) in [7, 11) is 1.60. The van der Waals surface area contributed by atoms with Crippen molar-refractivity contribution in [2.45, 2.75) is 43.4 Å². The van der Waals surface area contributed by atoms with Crippen molar-refractivity contribution >= 4 is 29.4 Å². The summed E-state index contributed by atoms with van der Waals surface area (Å²) in [6.07, 6.45) is 5.24. The molecule has 1 atom stereocenters. The van der Waals surface area contributed by atoms with Crippen LogP contribution >= 0.6 is 11.8 Å². The van der Waals surface area contributed by atoms with E-state index in [4.69, 9.17) is 9.84 Å². The first-order valence-corrected chi connectivity index (χ1v) is 15.4. The standard InChI is InChI=1S/C33H33FN4O3S/c1-41-25-18-16-24(17-19-25)38-33-30(31(36-38)22-10-4-2-5-11-22)32(26-14-8-9-15-27(26)34)42-21-29(40)37(33)20-28(39)35-23-12-6-3-7-13-23/h2,4-5,8-11,14-19,23,32H,3,6-7,12-13,20-21H2,1H3,(H,35,39). The number of methoxy groups -OCH3 is 1. The molecule has 4 aromatic rings. The molecule has 7 nitrogen and oxygen atoms in total. The number of rotatable bonds is 7. The van der Waals surface area contributed by atoms with Crippen molar-refractivity contribution in [3.05, 3.63) is 95.8 Å². The quantitative estimate of drug-likeness (QED) is 0.276. The number of hydrogen-bond acceptors (Lipinski definition) is 5. The number of carbonyl (C=O) groups excluding carboxylic acids is 2. The van der Waals surface area contributed by atoms with Crippen LogP contribution in [0.15, 0.2) is 78.9 Å². The summed E-state index contributed by atoms with van der Waals surface area (Å²) in [6, 6.07) is 23.8. The van der Waals surface area contributed by atoms with Crippen molar-refractivity contribution in [3.63, 3.8) is 0 Å². The fourth-order valence-electron chi connectivity index (χ4n) is 5.83. The molecule has 1 N–H and O–H groups in total. The molecule has 1 fully saturated rings. The minimum Gasteiger partial charge on any atom is -0.497 e. The van der Waals surface area contributed by atoms with Gasteiger partial charge in [0.1, 0.15) is 23.9 Å². The van der Waals surface area contributed by atoms with Crippen LogP contribution in [-0.4, -0.2) is 47.0 Å². The van der Waals surface area contributed by atoms with E-state index >= 15 is 4.39 Å². The number of benzene rings is 3. The van der Waals surface area contributed by atoms with Gasteiger partial charge in [0, 0.05) is 22.7 Å². The number of anilines is 1. The molecule has 0 radical (unpaired) electrons. The van der Waals surface area contributed by atoms with E-state index in [-0.39, 0.29) is 36.0 Å². The van der Waals surface area contributed by atoms with E-state index in [2.05, 4.69) is 5.32 Å². The van der Waals surface area contributed by atoms with Crippen molar-refractivity contribution in [2.24, 2.45) is 0 Å². The van der Waals surface area contributed by atoms with E-state index in [1.54, 1.807) is 30.0 Å². The lowest BCUT2D eigenvalue weighted by atomic mass is 9.95. The van der Waals surface area contributed by atoms with Crippen LogP contribution in [0.25, 0.3) is 16.9 Å². The molecule has 9 heteroatoms. The fourth-order valence-corrected chi connectivity index (χ4v) is 7.05. The number of amides is 2. The van der Waals surface area contributed by atoms with Gasteiger partial charge in [0.25, 0.3) is 0 Å². The van der Waals surface area contributed by atoms with Crippen LogP contribution in [0.2, 0.25) is 0 Å². The minimum atomic E-state index is -0.529. The third kappa shape index (κ3) is 5.66. The Morgan fingerprint density at radius 3 is 2.43 bits per heavy atom. The van der Waals surface area contributed by atoms with Crippen molar-refractivity contribution in [2.75, 3.05) is 24.3 Å². The smallest absolute Gasteiger partial charge is 0.240 e. The first-order chi connectivity index (χ1) is 20.5.